The van der Waals surface area contributed by atoms with Gasteiger partial charge in [-0.3, -0.25) is 9.78 Å². The second-order valence-electron chi connectivity index (χ2n) is 9.77. The molecule has 1 saturated carbocycles. The Bertz CT molecular complexity index is 971. The van der Waals surface area contributed by atoms with Crippen molar-refractivity contribution >= 4 is 28.1 Å². The number of anilines is 2. The number of ether oxygens (including phenoxy) is 1. The normalized spacial score (nSPS) is 30.9. The summed E-state index contributed by atoms with van der Waals surface area (Å²) in [5.41, 5.74) is 0.929. The van der Waals surface area contributed by atoms with Crippen LogP contribution in [-0.2, 0) is 16.0 Å². The molecule has 2 heterocycles. The van der Waals surface area contributed by atoms with Gasteiger partial charge in [-0.05, 0) is 42.7 Å². The fraction of sp³-hybridized carbons (Fsp3) is 0.625. The third-order valence-electron chi connectivity index (χ3n) is 7.82. The first-order chi connectivity index (χ1) is 15.8. The number of carbonyl (C=O) groups is 1. The lowest BCUT2D eigenvalue weighted by atomic mass is 9.47. The lowest BCUT2D eigenvalue weighted by Gasteiger charge is -2.58. The third-order valence-corrected chi connectivity index (χ3v) is 8.83. The van der Waals surface area contributed by atoms with Crippen LogP contribution in [0, 0.1) is 16.7 Å². The molecule has 0 aliphatic heterocycles. The highest BCUT2D eigenvalue weighted by Gasteiger charge is 2.59. The zero-order valence-electron chi connectivity index (χ0n) is 19.5. The molecule has 1 fully saturated rings. The van der Waals surface area contributed by atoms with Crippen molar-refractivity contribution in [2.24, 2.45) is 16.7 Å². The molecule has 0 bridgehead atoms. The summed E-state index contributed by atoms with van der Waals surface area (Å²) < 4.78 is 5.06. The largest absolute Gasteiger partial charge is 0.396 e. The van der Waals surface area contributed by atoms with Crippen LogP contribution in [0.1, 0.15) is 49.6 Å². The Kier molecular flexibility index (Phi) is 7.04. The van der Waals surface area contributed by atoms with Crippen LogP contribution in [0.4, 0.5) is 10.8 Å². The number of nitrogens with zero attached hydrogens (tertiary/aromatic N) is 2. The van der Waals surface area contributed by atoms with Crippen LogP contribution in [0.2, 0.25) is 0 Å². The molecule has 0 aromatic carbocycles. The molecule has 1 amide bonds. The van der Waals surface area contributed by atoms with Crippen molar-refractivity contribution in [3.8, 4) is 0 Å². The average Bonchev–Trinajstić information content (AvgIpc) is 3.21. The molecule has 180 valence electrons. The molecule has 0 saturated heterocycles. The highest BCUT2D eigenvalue weighted by Crippen LogP contribution is 2.62. The van der Waals surface area contributed by atoms with Gasteiger partial charge in [-0.15, -0.1) is 11.3 Å². The fourth-order valence-corrected chi connectivity index (χ4v) is 6.90. The molecular weight excluding hydrogens is 440 g/mol. The Morgan fingerprint density at radius 2 is 2.21 bits per heavy atom. The number of aliphatic hydroxyl groups excluding tert-OH is 2. The first-order valence-electron chi connectivity index (χ1n) is 11.5. The number of fused-ring (bicyclic) bond motifs is 2. The molecule has 2 aromatic rings. The monoisotopic (exact) mass is 474 g/mol. The van der Waals surface area contributed by atoms with E-state index in [9.17, 15) is 15.0 Å². The van der Waals surface area contributed by atoms with Crippen molar-refractivity contribution in [2.75, 3.05) is 32.2 Å². The van der Waals surface area contributed by atoms with E-state index in [1.807, 2.05) is 19.1 Å². The highest BCUT2D eigenvalue weighted by molar-refractivity contribution is 7.15. The zero-order chi connectivity index (χ0) is 23.6. The Balaban J connectivity index is 1.70. The first-order valence-corrected chi connectivity index (χ1v) is 12.3. The fourth-order valence-electron chi connectivity index (χ4n) is 5.81. The molecule has 33 heavy (non-hydrogen) atoms. The molecule has 0 radical (unpaired) electrons. The van der Waals surface area contributed by atoms with Gasteiger partial charge in [-0.1, -0.05) is 13.8 Å². The Morgan fingerprint density at radius 3 is 2.91 bits per heavy atom. The number of aromatic nitrogens is 2. The van der Waals surface area contributed by atoms with E-state index in [4.69, 9.17) is 9.72 Å². The quantitative estimate of drug-likeness (QED) is 0.435. The molecule has 2 aromatic heterocycles. The maximum atomic E-state index is 12.9. The number of amides is 1. The molecule has 0 spiro atoms. The van der Waals surface area contributed by atoms with Gasteiger partial charge in [-0.2, -0.15) is 0 Å². The number of methoxy groups -OCH3 is 1. The van der Waals surface area contributed by atoms with Gasteiger partial charge in [0, 0.05) is 42.5 Å². The molecule has 9 heteroatoms. The smallest absolute Gasteiger partial charge is 0.220 e. The molecule has 2 aliphatic carbocycles. The Morgan fingerprint density at radius 1 is 1.39 bits per heavy atom. The summed E-state index contributed by atoms with van der Waals surface area (Å²) in [5, 5.41) is 28.3. The van der Waals surface area contributed by atoms with E-state index in [0.717, 1.165) is 34.2 Å². The van der Waals surface area contributed by atoms with Crippen LogP contribution >= 0.6 is 11.3 Å². The number of aliphatic hydroxyl groups is 2. The minimum Gasteiger partial charge on any atom is -0.396 e. The lowest BCUT2D eigenvalue weighted by Crippen LogP contribution is -2.57. The van der Waals surface area contributed by atoms with E-state index in [1.165, 1.54) is 0 Å². The maximum Gasteiger partial charge on any atom is 0.220 e. The van der Waals surface area contributed by atoms with Gasteiger partial charge in [0.25, 0.3) is 0 Å². The van der Waals surface area contributed by atoms with Gasteiger partial charge in [-0.25, -0.2) is 4.98 Å². The number of hydrogen-bond donors (Lipinski definition) is 4. The predicted octanol–water partition coefficient (Wildman–Crippen LogP) is 2.85. The molecule has 5 atom stereocenters. The number of thiazole rings is 1. The van der Waals surface area contributed by atoms with Crippen molar-refractivity contribution in [3.63, 3.8) is 0 Å². The van der Waals surface area contributed by atoms with Gasteiger partial charge >= 0.3 is 0 Å². The van der Waals surface area contributed by atoms with Crippen molar-refractivity contribution in [1.29, 1.82) is 0 Å². The van der Waals surface area contributed by atoms with E-state index in [1.54, 1.807) is 30.8 Å². The van der Waals surface area contributed by atoms with E-state index in [0.29, 0.717) is 26.0 Å². The second kappa shape index (κ2) is 9.66. The highest BCUT2D eigenvalue weighted by atomic mass is 32.1. The Labute approximate surface area is 198 Å². The van der Waals surface area contributed by atoms with Gasteiger partial charge in [0.1, 0.15) is 0 Å². The van der Waals surface area contributed by atoms with Gasteiger partial charge in [0.15, 0.2) is 5.13 Å². The number of hydrogen-bond acceptors (Lipinski definition) is 8. The van der Waals surface area contributed by atoms with Crippen molar-refractivity contribution in [1.82, 2.24) is 15.3 Å². The average molecular weight is 475 g/mol. The van der Waals surface area contributed by atoms with Crippen molar-refractivity contribution in [2.45, 2.75) is 51.6 Å². The summed E-state index contributed by atoms with van der Waals surface area (Å²) in [5.74, 6) is -0.0981. The molecule has 4 rings (SSSR count). The minimum atomic E-state index is -0.629. The van der Waals surface area contributed by atoms with Crippen molar-refractivity contribution < 1.29 is 19.7 Å². The molecule has 2 aliphatic rings. The third kappa shape index (κ3) is 4.51. The van der Waals surface area contributed by atoms with E-state index >= 15 is 0 Å². The van der Waals surface area contributed by atoms with E-state index in [-0.39, 0.29) is 29.8 Å². The van der Waals surface area contributed by atoms with Gasteiger partial charge in [0.05, 0.1) is 36.9 Å². The second-order valence-corrected chi connectivity index (χ2v) is 10.9. The zero-order valence-corrected chi connectivity index (χ0v) is 20.3. The van der Waals surface area contributed by atoms with Crippen LogP contribution in [0.25, 0.3) is 0 Å². The van der Waals surface area contributed by atoms with Gasteiger partial charge in [0.2, 0.25) is 5.91 Å². The maximum absolute atomic E-state index is 12.9. The summed E-state index contributed by atoms with van der Waals surface area (Å²) in [6.45, 7) is 5.03. The molecule has 4 N–H and O–H groups in total. The summed E-state index contributed by atoms with van der Waals surface area (Å²) in [6.07, 6.45) is 5.34. The predicted molar refractivity (Wildman–Crippen MR) is 128 cm³/mol. The van der Waals surface area contributed by atoms with Crippen LogP contribution < -0.4 is 10.6 Å². The van der Waals surface area contributed by atoms with E-state index < -0.39 is 11.5 Å². The summed E-state index contributed by atoms with van der Waals surface area (Å²) in [4.78, 5) is 23.1. The van der Waals surface area contributed by atoms with Gasteiger partial charge < -0.3 is 25.6 Å². The SMILES string of the molecule is COCCNC(=O)CC1c2nc(Nc3cccnc3)sc2CC2C(C)(CO)C(O)CCC12C. The topological polar surface area (TPSA) is 117 Å². The number of rotatable bonds is 8. The number of pyridine rings is 1. The standard InChI is InChI=1S/C24H34N4O4S/c1-23-7-6-19(30)24(2,14-29)18(23)12-17-21(16(23)11-20(31)26-9-10-32-3)28-22(33-17)27-15-5-4-8-25-13-15/h4-5,8,13,16,18-19,29-30H,6-7,9-12,14H2,1-3H3,(H,26,31)(H,27,28). The van der Waals surface area contributed by atoms with Crippen LogP contribution in [0.3, 0.4) is 0 Å². The van der Waals surface area contributed by atoms with Crippen LogP contribution in [-0.4, -0.2) is 59.1 Å². The van der Waals surface area contributed by atoms with Crippen LogP contribution in [0.5, 0.6) is 0 Å². The van der Waals surface area contributed by atoms with Crippen LogP contribution in [0.15, 0.2) is 24.5 Å². The molecule has 8 nitrogen and oxygen atoms in total. The summed E-state index contributed by atoms with van der Waals surface area (Å²) in [6, 6.07) is 3.81. The summed E-state index contributed by atoms with van der Waals surface area (Å²) in [7, 11) is 1.61. The lowest BCUT2D eigenvalue weighted by molar-refractivity contribution is -0.144. The summed E-state index contributed by atoms with van der Waals surface area (Å²) >= 11 is 1.58. The van der Waals surface area contributed by atoms with Crippen molar-refractivity contribution in [3.05, 3.63) is 35.1 Å². The van der Waals surface area contributed by atoms with E-state index in [2.05, 4.69) is 22.5 Å². The molecular formula is C24H34N4O4S. The number of nitrogens with one attached hydrogen (secondary N) is 2. The first kappa shape index (κ1) is 24.1. The minimum absolute atomic E-state index is 0.0310. The number of carbonyl (C=O) groups excluding carboxylic acids is 1. The Hall–Kier alpha value is -2.07. The molecule has 5 unspecified atom stereocenters.